The molecule has 1 atom stereocenters. The summed E-state index contributed by atoms with van der Waals surface area (Å²) < 4.78 is 18.3. The second-order valence-corrected chi connectivity index (χ2v) is 6.21. The number of rotatable bonds is 9. The third-order valence-electron chi connectivity index (χ3n) is 4.19. The third-order valence-corrected chi connectivity index (χ3v) is 4.54. The Balaban J connectivity index is 1.96. The van der Waals surface area contributed by atoms with E-state index in [0.717, 1.165) is 18.7 Å². The van der Waals surface area contributed by atoms with E-state index in [9.17, 15) is 9.18 Å². The summed E-state index contributed by atoms with van der Waals surface area (Å²) in [5.74, 6) is -0.130. The van der Waals surface area contributed by atoms with Crippen LogP contribution >= 0.6 is 11.6 Å². The summed E-state index contributed by atoms with van der Waals surface area (Å²) in [6.45, 7) is 6.14. The Morgan fingerprint density at radius 1 is 1.15 bits per heavy atom. The van der Waals surface area contributed by atoms with Crippen LogP contribution in [0.15, 0.2) is 48.5 Å². The maximum Gasteiger partial charge on any atom is 0.258 e. The summed E-state index contributed by atoms with van der Waals surface area (Å²) >= 11 is 6.35. The number of ether oxygens (including phenoxy) is 1. The predicted molar refractivity (Wildman–Crippen MR) is 102 cm³/mol. The van der Waals surface area contributed by atoms with Crippen molar-refractivity contribution in [1.29, 1.82) is 0 Å². The first kappa shape index (κ1) is 20.2. The summed E-state index contributed by atoms with van der Waals surface area (Å²) in [6, 6.07) is 13.2. The van der Waals surface area contributed by atoms with Crippen molar-refractivity contribution >= 4 is 17.5 Å². The molecule has 0 heterocycles. The molecule has 0 bridgehead atoms. The average Bonchev–Trinajstić information content (AvgIpc) is 2.65. The summed E-state index contributed by atoms with van der Waals surface area (Å²) in [4.78, 5) is 14.4. The molecule has 0 aliphatic carbocycles. The molecule has 0 saturated carbocycles. The van der Waals surface area contributed by atoms with Crippen LogP contribution in [0.2, 0.25) is 5.02 Å². The summed E-state index contributed by atoms with van der Waals surface area (Å²) in [6.07, 6.45) is 0. The van der Waals surface area contributed by atoms with E-state index in [1.165, 1.54) is 24.3 Å². The van der Waals surface area contributed by atoms with Gasteiger partial charge in [-0.1, -0.05) is 43.6 Å². The van der Waals surface area contributed by atoms with Crippen LogP contribution in [0.4, 0.5) is 4.39 Å². The number of benzene rings is 2. The molecule has 1 N–H and O–H groups in total. The molecule has 2 rings (SSSR count). The van der Waals surface area contributed by atoms with Crippen LogP contribution < -0.4 is 10.1 Å². The highest BCUT2D eigenvalue weighted by Gasteiger charge is 2.21. The van der Waals surface area contributed by atoms with E-state index in [1.807, 2.05) is 24.3 Å². The van der Waals surface area contributed by atoms with E-state index in [4.69, 9.17) is 16.3 Å². The van der Waals surface area contributed by atoms with Gasteiger partial charge in [0, 0.05) is 11.6 Å². The van der Waals surface area contributed by atoms with Crippen LogP contribution in [-0.2, 0) is 4.79 Å². The monoisotopic (exact) mass is 378 g/mol. The molecule has 0 aromatic heterocycles. The van der Waals surface area contributed by atoms with Crippen LogP contribution in [0.5, 0.6) is 5.75 Å². The Hall–Kier alpha value is -2.11. The molecule has 140 valence electrons. The summed E-state index contributed by atoms with van der Waals surface area (Å²) in [5, 5.41) is 3.58. The highest BCUT2D eigenvalue weighted by molar-refractivity contribution is 6.31. The fourth-order valence-corrected chi connectivity index (χ4v) is 3.05. The highest BCUT2D eigenvalue weighted by atomic mass is 35.5. The van der Waals surface area contributed by atoms with Crippen molar-refractivity contribution in [3.05, 3.63) is 64.9 Å². The lowest BCUT2D eigenvalue weighted by atomic mass is 10.0. The van der Waals surface area contributed by atoms with E-state index in [-0.39, 0.29) is 24.4 Å². The van der Waals surface area contributed by atoms with Crippen molar-refractivity contribution in [2.24, 2.45) is 0 Å². The van der Waals surface area contributed by atoms with Crippen molar-refractivity contribution in [3.8, 4) is 5.75 Å². The van der Waals surface area contributed by atoms with E-state index in [1.54, 1.807) is 0 Å². The third kappa shape index (κ3) is 5.71. The summed E-state index contributed by atoms with van der Waals surface area (Å²) in [5.41, 5.74) is 0.984. The molecule has 0 saturated heterocycles. The second kappa shape index (κ2) is 10.1. The average molecular weight is 379 g/mol. The van der Waals surface area contributed by atoms with Gasteiger partial charge in [-0.15, -0.1) is 0 Å². The Bertz CT molecular complexity index is 705. The molecule has 2 aromatic rings. The zero-order chi connectivity index (χ0) is 18.9. The van der Waals surface area contributed by atoms with Crippen LogP contribution in [0, 0.1) is 5.82 Å². The second-order valence-electron chi connectivity index (χ2n) is 5.81. The first-order chi connectivity index (χ1) is 12.5. The standard InChI is InChI=1S/C20H24ClFN2O2/c1-3-24(4-2)19(17-7-5-6-8-18(17)21)13-23-20(25)14-26-16-11-9-15(22)10-12-16/h5-12,19H,3-4,13-14H2,1-2H3,(H,23,25). The lowest BCUT2D eigenvalue weighted by Gasteiger charge is -2.30. The summed E-state index contributed by atoms with van der Waals surface area (Å²) in [7, 11) is 0. The molecule has 2 aromatic carbocycles. The predicted octanol–water partition coefficient (Wildman–Crippen LogP) is 4.06. The molecule has 1 unspecified atom stereocenters. The van der Waals surface area contributed by atoms with Gasteiger partial charge in [0.2, 0.25) is 0 Å². The Labute approximate surface area is 158 Å². The molecule has 0 aliphatic rings. The van der Waals surface area contributed by atoms with Gasteiger partial charge < -0.3 is 10.1 Å². The minimum absolute atomic E-state index is 0.0199. The Kier molecular flexibility index (Phi) is 7.88. The fourth-order valence-electron chi connectivity index (χ4n) is 2.79. The molecular formula is C20H24ClFN2O2. The Morgan fingerprint density at radius 3 is 2.42 bits per heavy atom. The topological polar surface area (TPSA) is 41.6 Å². The van der Waals surface area contributed by atoms with Gasteiger partial charge in [-0.2, -0.15) is 0 Å². The highest BCUT2D eigenvalue weighted by Crippen LogP contribution is 2.26. The van der Waals surface area contributed by atoms with E-state index < -0.39 is 0 Å². The first-order valence-corrected chi connectivity index (χ1v) is 9.06. The molecule has 4 nitrogen and oxygen atoms in total. The fraction of sp³-hybridized carbons (Fsp3) is 0.350. The lowest BCUT2D eigenvalue weighted by molar-refractivity contribution is -0.123. The molecular weight excluding hydrogens is 355 g/mol. The van der Waals surface area contributed by atoms with Gasteiger partial charge in [-0.3, -0.25) is 9.69 Å². The molecule has 0 fully saturated rings. The van der Waals surface area contributed by atoms with Crippen LogP contribution in [0.3, 0.4) is 0 Å². The SMILES string of the molecule is CCN(CC)C(CNC(=O)COc1ccc(F)cc1)c1ccccc1Cl. The first-order valence-electron chi connectivity index (χ1n) is 8.68. The molecule has 0 radical (unpaired) electrons. The van der Waals surface area contributed by atoms with E-state index in [0.29, 0.717) is 17.3 Å². The minimum atomic E-state index is -0.344. The number of likely N-dealkylation sites (N-methyl/N-ethyl adjacent to an activating group) is 1. The molecule has 26 heavy (non-hydrogen) atoms. The molecule has 1 amide bonds. The van der Waals surface area contributed by atoms with Crippen molar-refractivity contribution in [1.82, 2.24) is 10.2 Å². The number of amides is 1. The maximum absolute atomic E-state index is 12.9. The normalized spacial score (nSPS) is 12.0. The van der Waals surface area contributed by atoms with Gasteiger partial charge in [-0.05, 0) is 49.0 Å². The van der Waals surface area contributed by atoms with Gasteiger partial charge in [0.15, 0.2) is 6.61 Å². The van der Waals surface area contributed by atoms with Crippen LogP contribution in [0.25, 0.3) is 0 Å². The molecule has 0 aliphatic heterocycles. The van der Waals surface area contributed by atoms with Crippen LogP contribution in [-0.4, -0.2) is 37.0 Å². The van der Waals surface area contributed by atoms with Gasteiger partial charge in [0.1, 0.15) is 11.6 Å². The van der Waals surface area contributed by atoms with Crippen molar-refractivity contribution in [2.45, 2.75) is 19.9 Å². The minimum Gasteiger partial charge on any atom is -0.484 e. The zero-order valence-electron chi connectivity index (χ0n) is 15.0. The lowest BCUT2D eigenvalue weighted by Crippen LogP contribution is -2.39. The largest absolute Gasteiger partial charge is 0.484 e. The number of hydrogen-bond donors (Lipinski definition) is 1. The van der Waals surface area contributed by atoms with Gasteiger partial charge in [0.05, 0.1) is 6.04 Å². The van der Waals surface area contributed by atoms with E-state index >= 15 is 0 Å². The van der Waals surface area contributed by atoms with E-state index in [2.05, 4.69) is 24.1 Å². The number of halogens is 2. The number of nitrogens with one attached hydrogen (secondary N) is 1. The van der Waals surface area contributed by atoms with Gasteiger partial charge in [0.25, 0.3) is 5.91 Å². The van der Waals surface area contributed by atoms with Gasteiger partial charge >= 0.3 is 0 Å². The van der Waals surface area contributed by atoms with Crippen molar-refractivity contribution in [3.63, 3.8) is 0 Å². The zero-order valence-corrected chi connectivity index (χ0v) is 15.8. The number of carbonyl (C=O) groups excluding carboxylic acids is 1. The quantitative estimate of drug-likeness (QED) is 0.715. The Morgan fingerprint density at radius 2 is 1.81 bits per heavy atom. The number of hydrogen-bond acceptors (Lipinski definition) is 3. The number of carbonyl (C=O) groups is 1. The molecule has 0 spiro atoms. The maximum atomic E-state index is 12.9. The smallest absolute Gasteiger partial charge is 0.258 e. The number of nitrogens with zero attached hydrogens (tertiary/aromatic N) is 1. The van der Waals surface area contributed by atoms with Crippen molar-refractivity contribution in [2.75, 3.05) is 26.2 Å². The molecule has 6 heteroatoms. The van der Waals surface area contributed by atoms with Crippen molar-refractivity contribution < 1.29 is 13.9 Å². The van der Waals surface area contributed by atoms with Gasteiger partial charge in [-0.25, -0.2) is 4.39 Å². The van der Waals surface area contributed by atoms with Crippen LogP contribution in [0.1, 0.15) is 25.5 Å².